The number of anilines is 1. The number of carbonyl (C=O) groups excluding carboxylic acids is 2. The van der Waals surface area contributed by atoms with Gasteiger partial charge in [-0.2, -0.15) is 0 Å². The fourth-order valence-corrected chi connectivity index (χ4v) is 8.20. The summed E-state index contributed by atoms with van der Waals surface area (Å²) in [5.74, 6) is -2.12. The molecular weight excluding hydrogens is 519 g/mol. The molecule has 0 saturated heterocycles. The number of aryl methyl sites for hydroxylation is 1. The average Bonchev–Trinajstić information content (AvgIpc) is 3.34. The molecule has 1 aliphatic carbocycles. The quantitative estimate of drug-likeness (QED) is 0.371. The third-order valence-electron chi connectivity index (χ3n) is 7.76. The molecule has 1 saturated carbocycles. The van der Waals surface area contributed by atoms with Crippen molar-refractivity contribution in [3.63, 3.8) is 0 Å². The number of fused-ring (bicyclic) bond motifs is 1. The van der Waals surface area contributed by atoms with Crippen LogP contribution in [0.25, 0.3) is 0 Å². The Balaban J connectivity index is 1.68. The minimum Gasteiger partial charge on any atom is -0.480 e. The van der Waals surface area contributed by atoms with Crippen LogP contribution in [0.15, 0.2) is 54.6 Å². The summed E-state index contributed by atoms with van der Waals surface area (Å²) in [6.45, 7) is 2.84. The molecule has 1 aliphatic heterocycles. The van der Waals surface area contributed by atoms with Crippen LogP contribution in [-0.2, 0) is 36.3 Å². The fraction of sp³-hybridized carbons (Fsp3) is 0.483. The van der Waals surface area contributed by atoms with Crippen LogP contribution >= 0.6 is 7.60 Å². The van der Waals surface area contributed by atoms with Gasteiger partial charge < -0.3 is 19.8 Å². The number of nitrogens with one attached hydrogen (secondary N) is 1. The lowest BCUT2D eigenvalue weighted by Crippen LogP contribution is -2.55. The van der Waals surface area contributed by atoms with Crippen molar-refractivity contribution >= 4 is 31.1 Å². The number of amides is 2. The molecule has 0 spiro atoms. The highest BCUT2D eigenvalue weighted by Crippen LogP contribution is 2.61. The Morgan fingerprint density at radius 3 is 2.38 bits per heavy atom. The third-order valence-corrected chi connectivity index (χ3v) is 9.95. The second-order valence-electron chi connectivity index (χ2n) is 10.8. The van der Waals surface area contributed by atoms with Crippen molar-refractivity contribution in [3.8, 4) is 0 Å². The van der Waals surface area contributed by atoms with Gasteiger partial charge in [-0.1, -0.05) is 61.4 Å². The third kappa shape index (κ3) is 6.43. The van der Waals surface area contributed by atoms with E-state index in [1.165, 1.54) is 4.90 Å². The minimum absolute atomic E-state index is 0.171. The minimum atomic E-state index is -4.28. The largest absolute Gasteiger partial charge is 0.480 e. The summed E-state index contributed by atoms with van der Waals surface area (Å²) in [5, 5.41) is 12.4. The van der Waals surface area contributed by atoms with Gasteiger partial charge in [0, 0.05) is 5.69 Å². The molecule has 3 N–H and O–H groups in total. The molecule has 1 fully saturated rings. The van der Waals surface area contributed by atoms with E-state index in [0.29, 0.717) is 37.8 Å². The molecule has 4 rings (SSSR count). The summed E-state index contributed by atoms with van der Waals surface area (Å²) in [7, 11) is -4.28. The van der Waals surface area contributed by atoms with Gasteiger partial charge in [0.05, 0.1) is 17.2 Å². The van der Waals surface area contributed by atoms with Crippen LogP contribution in [0.2, 0.25) is 0 Å². The number of hydrogen-bond acceptors (Lipinski definition) is 5. The maximum Gasteiger partial charge on any atom is 0.332 e. The Hall–Kier alpha value is -3.00. The van der Waals surface area contributed by atoms with Gasteiger partial charge in [-0.05, 0) is 63.1 Å². The lowest BCUT2D eigenvalue weighted by Gasteiger charge is -2.39. The number of carboxylic acid groups (broad SMARTS) is 1. The topological polar surface area (TPSA) is 133 Å². The monoisotopic (exact) mass is 556 g/mol. The average molecular weight is 557 g/mol. The molecular formula is C29H37N2O7P. The van der Waals surface area contributed by atoms with E-state index >= 15 is 0 Å². The number of carboxylic acids is 1. The Kier molecular flexibility index (Phi) is 8.94. The van der Waals surface area contributed by atoms with Crippen molar-refractivity contribution in [1.29, 1.82) is 0 Å². The molecule has 0 radical (unpaired) electrons. The lowest BCUT2D eigenvalue weighted by molar-refractivity contribution is -0.137. The molecule has 0 aromatic heterocycles. The van der Waals surface area contributed by atoms with E-state index in [-0.39, 0.29) is 12.8 Å². The van der Waals surface area contributed by atoms with Gasteiger partial charge in [-0.25, -0.2) is 0 Å². The summed E-state index contributed by atoms with van der Waals surface area (Å²) in [6, 6.07) is 15.4. The molecule has 0 bridgehead atoms. The maximum absolute atomic E-state index is 14.2. The first-order valence-corrected chi connectivity index (χ1v) is 15.1. The van der Waals surface area contributed by atoms with Crippen LogP contribution in [0.4, 0.5) is 5.69 Å². The van der Waals surface area contributed by atoms with Crippen molar-refractivity contribution in [2.24, 2.45) is 5.41 Å². The van der Waals surface area contributed by atoms with Crippen molar-refractivity contribution in [2.45, 2.75) is 76.6 Å². The first-order chi connectivity index (χ1) is 18.5. The summed E-state index contributed by atoms with van der Waals surface area (Å²) in [6.07, 6.45) is 2.60. The van der Waals surface area contributed by atoms with Gasteiger partial charge in [0.2, 0.25) is 11.8 Å². The zero-order chi connectivity index (χ0) is 28.2. The van der Waals surface area contributed by atoms with Gasteiger partial charge in [0.1, 0.15) is 12.6 Å². The number of benzene rings is 2. The van der Waals surface area contributed by atoms with Crippen LogP contribution in [0.3, 0.4) is 0 Å². The van der Waals surface area contributed by atoms with E-state index in [2.05, 4.69) is 5.32 Å². The number of rotatable bonds is 10. The van der Waals surface area contributed by atoms with E-state index in [4.69, 9.17) is 4.52 Å². The summed E-state index contributed by atoms with van der Waals surface area (Å²) in [4.78, 5) is 51.9. The van der Waals surface area contributed by atoms with Gasteiger partial charge in [0.25, 0.3) is 0 Å². The van der Waals surface area contributed by atoms with Crippen molar-refractivity contribution in [2.75, 3.05) is 11.4 Å². The predicted octanol–water partition coefficient (Wildman–Crippen LogP) is 4.32. The SMILES string of the molecule is CC(C)OP(=O)(O)C(Cc1ccccc1)C1(C(=O)N[C@H]2CCc3ccccc3N(CC(=O)O)C2=O)CCCC1. The Labute approximate surface area is 229 Å². The molecule has 3 atom stereocenters. The zero-order valence-electron chi connectivity index (χ0n) is 22.4. The highest BCUT2D eigenvalue weighted by Gasteiger charge is 2.56. The van der Waals surface area contributed by atoms with E-state index in [1.807, 2.05) is 42.5 Å². The van der Waals surface area contributed by atoms with Gasteiger partial charge in [-0.15, -0.1) is 0 Å². The predicted molar refractivity (Wildman–Crippen MR) is 148 cm³/mol. The molecule has 2 amide bonds. The molecule has 1 heterocycles. The standard InChI is InChI=1S/C29H37N2O7P/c1-20(2)38-39(36,37)25(18-21-10-4-3-5-11-21)29(16-8-9-17-29)28(35)30-23-15-14-22-12-6-7-13-24(22)31(27(23)34)19-26(32)33/h3-7,10-13,20,23,25H,8-9,14-19H2,1-2H3,(H,30,35)(H,32,33)(H,36,37)/t23-,25?/m0/s1. The molecule has 2 aromatic carbocycles. The summed E-state index contributed by atoms with van der Waals surface area (Å²) in [5.41, 5.74) is -0.0650. The number of nitrogens with zero attached hydrogens (tertiary/aromatic N) is 1. The Morgan fingerprint density at radius 2 is 1.74 bits per heavy atom. The van der Waals surface area contributed by atoms with Crippen LogP contribution in [-0.4, -0.2) is 52.1 Å². The number of hydrogen-bond donors (Lipinski definition) is 3. The van der Waals surface area contributed by atoms with Crippen LogP contribution in [0.1, 0.15) is 57.1 Å². The Morgan fingerprint density at radius 1 is 1.10 bits per heavy atom. The van der Waals surface area contributed by atoms with E-state index < -0.39 is 55.1 Å². The molecule has 2 aromatic rings. The molecule has 2 aliphatic rings. The van der Waals surface area contributed by atoms with Crippen LogP contribution in [0.5, 0.6) is 0 Å². The maximum atomic E-state index is 14.2. The highest BCUT2D eigenvalue weighted by molar-refractivity contribution is 7.53. The summed E-state index contributed by atoms with van der Waals surface area (Å²) < 4.78 is 19.4. The van der Waals surface area contributed by atoms with E-state index in [1.54, 1.807) is 26.0 Å². The normalized spacial score (nSPS) is 21.1. The molecule has 2 unspecified atom stereocenters. The number of para-hydroxylation sites is 1. The first kappa shape index (κ1) is 29.0. The van der Waals surface area contributed by atoms with Crippen molar-refractivity contribution < 1.29 is 33.5 Å². The van der Waals surface area contributed by atoms with Gasteiger partial charge >= 0.3 is 13.6 Å². The fourth-order valence-electron chi connectivity index (χ4n) is 6.00. The Bertz CT molecular complexity index is 1240. The molecule has 10 heteroatoms. The highest BCUT2D eigenvalue weighted by atomic mass is 31.2. The van der Waals surface area contributed by atoms with Gasteiger partial charge in [-0.3, -0.25) is 23.8 Å². The summed E-state index contributed by atoms with van der Waals surface area (Å²) >= 11 is 0. The second-order valence-corrected chi connectivity index (χ2v) is 12.8. The molecule has 210 valence electrons. The van der Waals surface area contributed by atoms with E-state index in [0.717, 1.165) is 11.1 Å². The zero-order valence-corrected chi connectivity index (χ0v) is 23.3. The smallest absolute Gasteiger partial charge is 0.332 e. The second kappa shape index (κ2) is 12.0. The molecule has 39 heavy (non-hydrogen) atoms. The first-order valence-electron chi connectivity index (χ1n) is 13.5. The lowest BCUT2D eigenvalue weighted by atomic mass is 9.78. The number of aliphatic carboxylic acids is 1. The molecule has 9 nitrogen and oxygen atoms in total. The van der Waals surface area contributed by atoms with E-state index in [9.17, 15) is 28.9 Å². The van der Waals surface area contributed by atoms with Gasteiger partial charge in [0.15, 0.2) is 0 Å². The van der Waals surface area contributed by atoms with Crippen LogP contribution in [0, 0.1) is 5.41 Å². The van der Waals surface area contributed by atoms with Crippen molar-refractivity contribution in [1.82, 2.24) is 5.32 Å². The van der Waals surface area contributed by atoms with Crippen molar-refractivity contribution in [3.05, 3.63) is 65.7 Å². The van der Waals surface area contributed by atoms with Crippen LogP contribution < -0.4 is 10.2 Å². The number of carbonyl (C=O) groups is 3.